The molecule has 5 aromatic carbocycles. The summed E-state index contributed by atoms with van der Waals surface area (Å²) in [5, 5.41) is 0. The van der Waals surface area contributed by atoms with Crippen molar-refractivity contribution in [3.63, 3.8) is 0 Å². The first-order valence-electron chi connectivity index (χ1n) is 16.6. The van der Waals surface area contributed by atoms with Gasteiger partial charge >= 0.3 is 0 Å². The third kappa shape index (κ3) is 9.63. The topological polar surface area (TPSA) is 55.4 Å². The summed E-state index contributed by atoms with van der Waals surface area (Å²) in [5.74, 6) is 0.808. The summed E-state index contributed by atoms with van der Waals surface area (Å²) in [6.07, 6.45) is -1.38. The molecule has 0 radical (unpaired) electrons. The van der Waals surface area contributed by atoms with E-state index < -0.39 is 18.3 Å². The first-order chi connectivity index (χ1) is 23.7. The van der Waals surface area contributed by atoms with E-state index in [2.05, 4.69) is 48.5 Å². The number of benzene rings is 5. The second-order valence-electron chi connectivity index (χ2n) is 12.1. The van der Waals surface area contributed by atoms with E-state index in [1.54, 1.807) is 7.11 Å². The van der Waals surface area contributed by atoms with Gasteiger partial charge in [0.2, 0.25) is 0 Å². The van der Waals surface area contributed by atoms with Crippen LogP contribution in [0.1, 0.15) is 34.2 Å². The van der Waals surface area contributed by atoms with Gasteiger partial charge in [0.05, 0.1) is 52.4 Å². The van der Waals surface area contributed by atoms with E-state index in [0.717, 1.165) is 33.6 Å². The Morgan fingerprint density at radius 2 is 0.688 bits per heavy atom. The maximum absolute atomic E-state index is 6.84. The van der Waals surface area contributed by atoms with E-state index in [0.29, 0.717) is 39.5 Å². The Morgan fingerprint density at radius 1 is 0.375 bits per heavy atom. The second-order valence-corrected chi connectivity index (χ2v) is 12.1. The molecule has 1 fully saturated rings. The van der Waals surface area contributed by atoms with Gasteiger partial charge in [0.25, 0.3) is 0 Å². The first kappa shape index (κ1) is 33.6. The molecule has 0 bridgehead atoms. The van der Waals surface area contributed by atoms with Gasteiger partial charge in [-0.2, -0.15) is 0 Å². The Kier molecular flexibility index (Phi) is 12.4. The molecule has 6 heteroatoms. The lowest BCUT2D eigenvalue weighted by atomic mass is 9.86. The maximum atomic E-state index is 6.84. The van der Waals surface area contributed by atoms with Crippen LogP contribution in [0.25, 0.3) is 0 Å². The average Bonchev–Trinajstić information content (AvgIpc) is 3.16. The summed E-state index contributed by atoms with van der Waals surface area (Å²) in [6.45, 7) is 2.10. The van der Waals surface area contributed by atoms with Crippen LogP contribution in [0.3, 0.4) is 0 Å². The summed E-state index contributed by atoms with van der Waals surface area (Å²) in [5.41, 5.74) is 5.38. The van der Waals surface area contributed by atoms with Gasteiger partial charge < -0.3 is 28.4 Å². The molecule has 0 aromatic heterocycles. The molecule has 6 rings (SSSR count). The smallest absolute Gasteiger partial charge is 0.118 e. The summed E-state index contributed by atoms with van der Waals surface area (Å²) in [4.78, 5) is 0. The van der Waals surface area contributed by atoms with Crippen LogP contribution >= 0.6 is 0 Å². The highest BCUT2D eigenvalue weighted by molar-refractivity contribution is 5.27. The number of hydrogen-bond donors (Lipinski definition) is 0. The van der Waals surface area contributed by atoms with Crippen LogP contribution in [-0.2, 0) is 56.7 Å². The summed E-state index contributed by atoms with van der Waals surface area (Å²) in [7, 11) is 1.67. The van der Waals surface area contributed by atoms with E-state index in [4.69, 9.17) is 28.4 Å². The van der Waals surface area contributed by atoms with Gasteiger partial charge in [-0.25, -0.2) is 0 Å². The monoisotopic (exact) mass is 644 g/mol. The third-order valence-corrected chi connectivity index (χ3v) is 8.63. The molecule has 6 nitrogen and oxygen atoms in total. The highest BCUT2D eigenvalue weighted by Gasteiger charge is 2.48. The van der Waals surface area contributed by atoms with Gasteiger partial charge in [-0.15, -0.1) is 0 Å². The Morgan fingerprint density at radius 3 is 1.04 bits per heavy atom. The third-order valence-electron chi connectivity index (χ3n) is 8.63. The van der Waals surface area contributed by atoms with E-state index >= 15 is 0 Å². The number of ether oxygens (including phenoxy) is 6. The molecule has 0 saturated heterocycles. The number of rotatable bonds is 16. The van der Waals surface area contributed by atoms with Gasteiger partial charge in [-0.3, -0.25) is 0 Å². The quantitative estimate of drug-likeness (QED) is 0.108. The average molecular weight is 645 g/mol. The van der Waals surface area contributed by atoms with Gasteiger partial charge in [-0.1, -0.05) is 133 Å². The van der Waals surface area contributed by atoms with Crippen LogP contribution in [0, 0.1) is 0 Å². The molecule has 5 aromatic rings. The summed E-state index contributed by atoms with van der Waals surface area (Å²) < 4.78 is 39.3. The van der Waals surface area contributed by atoms with Gasteiger partial charge in [0.1, 0.15) is 24.1 Å². The fourth-order valence-electron chi connectivity index (χ4n) is 6.03. The molecule has 0 unspecified atom stereocenters. The van der Waals surface area contributed by atoms with Crippen molar-refractivity contribution in [1.29, 1.82) is 0 Å². The van der Waals surface area contributed by atoms with Crippen LogP contribution in [0.4, 0.5) is 0 Å². The van der Waals surface area contributed by atoms with Gasteiger partial charge in [0.15, 0.2) is 0 Å². The zero-order valence-corrected chi connectivity index (χ0v) is 27.4. The van der Waals surface area contributed by atoms with Crippen LogP contribution in [0.15, 0.2) is 146 Å². The van der Waals surface area contributed by atoms with E-state index in [-0.39, 0.29) is 12.2 Å². The molecule has 5 atom stereocenters. The molecule has 0 heterocycles. The molecule has 1 aliphatic rings. The van der Waals surface area contributed by atoms with Crippen LogP contribution in [0.5, 0.6) is 5.75 Å². The van der Waals surface area contributed by atoms with Crippen LogP contribution in [-0.4, -0.2) is 37.6 Å². The standard InChI is InChI=1S/C42H44O6/c1-43-37-24-22-36(23-25-37)28-45-39-26-38(44-27-32-14-6-2-7-15-32)40(46-29-33-16-8-3-9-17-33)42(48-31-35-20-12-5-13-21-35)41(39)47-30-34-18-10-4-11-19-34/h2-25,38-42H,26-31H2,1H3/t38-,39+,40+,41-,42-/m1/s1. The summed E-state index contributed by atoms with van der Waals surface area (Å²) in [6, 6.07) is 48.8. The van der Waals surface area contributed by atoms with Crippen molar-refractivity contribution in [1.82, 2.24) is 0 Å². The lowest BCUT2D eigenvalue weighted by Gasteiger charge is -2.46. The fourth-order valence-corrected chi connectivity index (χ4v) is 6.03. The Hall–Kier alpha value is -4.30. The van der Waals surface area contributed by atoms with Crippen molar-refractivity contribution < 1.29 is 28.4 Å². The summed E-state index contributed by atoms with van der Waals surface area (Å²) >= 11 is 0. The normalized spacial score (nSPS) is 20.7. The molecule has 48 heavy (non-hydrogen) atoms. The molecule has 0 aliphatic heterocycles. The highest BCUT2D eigenvalue weighted by atomic mass is 16.6. The second kappa shape index (κ2) is 17.7. The largest absolute Gasteiger partial charge is 0.497 e. The fraction of sp³-hybridized carbons (Fsp3) is 0.286. The van der Waals surface area contributed by atoms with Crippen molar-refractivity contribution in [2.24, 2.45) is 0 Å². The van der Waals surface area contributed by atoms with Crippen molar-refractivity contribution in [2.45, 2.75) is 70.0 Å². The lowest BCUT2D eigenvalue weighted by molar-refractivity contribution is -0.250. The molecular weight excluding hydrogens is 600 g/mol. The molecule has 248 valence electrons. The SMILES string of the molecule is COc1ccc(CO[C@H]2C[C@@H](OCc3ccccc3)[C@H](OCc3ccccc3)[C@@H](OCc3ccccc3)[C@@H]2OCc2ccccc2)cc1. The predicted molar refractivity (Wildman–Crippen MR) is 186 cm³/mol. The van der Waals surface area contributed by atoms with Gasteiger partial charge in [-0.05, 0) is 39.9 Å². The molecule has 1 saturated carbocycles. The zero-order valence-electron chi connectivity index (χ0n) is 27.4. The van der Waals surface area contributed by atoms with E-state index in [1.165, 1.54) is 0 Å². The minimum Gasteiger partial charge on any atom is -0.497 e. The van der Waals surface area contributed by atoms with E-state index in [9.17, 15) is 0 Å². The number of hydrogen-bond acceptors (Lipinski definition) is 6. The molecule has 0 spiro atoms. The minimum absolute atomic E-state index is 0.313. The van der Waals surface area contributed by atoms with Crippen LogP contribution < -0.4 is 4.74 Å². The van der Waals surface area contributed by atoms with Crippen molar-refractivity contribution in [3.05, 3.63) is 173 Å². The lowest BCUT2D eigenvalue weighted by Crippen LogP contribution is -2.59. The zero-order chi connectivity index (χ0) is 32.8. The maximum Gasteiger partial charge on any atom is 0.118 e. The molecule has 0 N–H and O–H groups in total. The molecule has 0 amide bonds. The van der Waals surface area contributed by atoms with E-state index in [1.807, 2.05) is 97.1 Å². The molecule has 1 aliphatic carbocycles. The Bertz CT molecular complexity index is 1600. The van der Waals surface area contributed by atoms with Crippen molar-refractivity contribution in [2.75, 3.05) is 7.11 Å². The van der Waals surface area contributed by atoms with Gasteiger partial charge in [0, 0.05) is 6.42 Å². The first-order valence-corrected chi connectivity index (χ1v) is 16.6. The van der Waals surface area contributed by atoms with Crippen LogP contribution in [0.2, 0.25) is 0 Å². The predicted octanol–water partition coefficient (Wildman–Crippen LogP) is 8.33. The molecular formula is C42H44O6. The Balaban J connectivity index is 1.31. The number of methoxy groups -OCH3 is 1. The minimum atomic E-state index is -0.479. The van der Waals surface area contributed by atoms with Crippen molar-refractivity contribution in [3.8, 4) is 5.75 Å². The van der Waals surface area contributed by atoms with Crippen molar-refractivity contribution >= 4 is 0 Å². The Labute approximate surface area is 284 Å². The highest BCUT2D eigenvalue weighted by Crippen LogP contribution is 2.34.